The van der Waals surface area contributed by atoms with Gasteiger partial charge < -0.3 is 9.13 Å². The second-order valence-corrected chi connectivity index (χ2v) is 18.9. The summed E-state index contributed by atoms with van der Waals surface area (Å²) in [6, 6.07) is 70.2. The number of benzene rings is 9. The van der Waals surface area contributed by atoms with Gasteiger partial charge in [0.25, 0.3) is 0 Å². The largest absolute Gasteiger partial charge is 0.313 e. The van der Waals surface area contributed by atoms with Crippen LogP contribution in [-0.2, 0) is 7.05 Å². The Morgan fingerprint density at radius 1 is 0.338 bits per heavy atom. The second kappa shape index (κ2) is 13.1. The van der Waals surface area contributed by atoms with Crippen molar-refractivity contribution in [2.75, 3.05) is 0 Å². The highest BCUT2D eigenvalue weighted by Crippen LogP contribution is 2.40. The van der Waals surface area contributed by atoms with Crippen molar-refractivity contribution in [1.82, 2.24) is 41.9 Å². The van der Waals surface area contributed by atoms with E-state index in [1.54, 1.807) is 11.3 Å². The van der Waals surface area contributed by atoms with Crippen LogP contribution in [0, 0.1) is 0 Å². The maximum absolute atomic E-state index is 5.27. The van der Waals surface area contributed by atoms with Crippen molar-refractivity contribution in [3.8, 4) is 33.6 Å². The maximum Gasteiger partial charge on any atom is 0.220 e. The van der Waals surface area contributed by atoms with Crippen LogP contribution in [0.25, 0.3) is 137 Å². The molecule has 9 aromatic carbocycles. The predicted octanol–water partition coefficient (Wildman–Crippen LogP) is 14.2. The minimum atomic E-state index is 0.883. The summed E-state index contributed by atoms with van der Waals surface area (Å²) in [6.07, 6.45) is 0. The van der Waals surface area contributed by atoms with Gasteiger partial charge in [0.2, 0.25) is 11.6 Å². The average molecular weight is 890 g/mol. The van der Waals surface area contributed by atoms with Crippen molar-refractivity contribution in [3.63, 3.8) is 0 Å². The summed E-state index contributed by atoms with van der Waals surface area (Å²) in [5.41, 5.74) is 21.1. The lowest BCUT2D eigenvalue weighted by Crippen LogP contribution is -1.95. The summed E-state index contributed by atoms with van der Waals surface area (Å²) in [5.74, 6) is 1.82. The number of imidazole rings is 5. The fourth-order valence-electron chi connectivity index (χ4n) is 11.1. The van der Waals surface area contributed by atoms with Crippen molar-refractivity contribution < 1.29 is 0 Å². The molecule has 9 nitrogen and oxygen atoms in total. The van der Waals surface area contributed by atoms with Crippen LogP contribution < -0.4 is 0 Å². The molecule has 0 unspecified atom stereocenters. The first-order chi connectivity index (χ1) is 33.6. The van der Waals surface area contributed by atoms with Crippen LogP contribution in [0.15, 0.2) is 194 Å². The van der Waals surface area contributed by atoms with Gasteiger partial charge in [-0.05, 0) is 138 Å². The number of hydrogen-bond acceptors (Lipinski definition) is 4. The summed E-state index contributed by atoms with van der Waals surface area (Å²) >= 11 is 1.72. The number of fused-ring (bicyclic) bond motifs is 18. The lowest BCUT2D eigenvalue weighted by atomic mass is 9.99. The standard InChI is InChI=1S/C58H35N9S/c1-62-50-26-21-36(31-53(50)65-47-16-8-5-13-42(47)59-56(62)65)34-19-24-45-40(29-34)41-30-35(20-25-46(41)63(45)38-11-3-2-4-12-38)37-22-27-51-54(32-37)66-48-17-9-6-14-43(48)60-57(66)64(51)39-23-28-52-55(33-39)68-58-61-44-15-7-10-18-49(44)67(52)58/h2-33H,1H3. The molecule has 0 atom stereocenters. The molecule has 0 amide bonds. The Labute approximate surface area is 389 Å². The minimum Gasteiger partial charge on any atom is -0.313 e. The molecular formula is C58H35N9S. The summed E-state index contributed by atoms with van der Waals surface area (Å²) < 4.78 is 15.0. The monoisotopic (exact) mass is 889 g/mol. The van der Waals surface area contributed by atoms with E-state index >= 15 is 0 Å². The molecular weight excluding hydrogens is 855 g/mol. The highest BCUT2D eigenvalue weighted by Gasteiger charge is 2.22. The van der Waals surface area contributed by atoms with Gasteiger partial charge in [-0.3, -0.25) is 17.8 Å². The molecule has 0 fully saturated rings. The molecule has 0 aliphatic carbocycles. The number of aryl methyl sites for hydroxylation is 1. The van der Waals surface area contributed by atoms with Gasteiger partial charge >= 0.3 is 0 Å². The molecule has 0 aliphatic heterocycles. The van der Waals surface area contributed by atoms with Crippen LogP contribution in [0.3, 0.4) is 0 Å². The summed E-state index contributed by atoms with van der Waals surface area (Å²) in [5, 5.41) is 2.40. The molecule has 0 spiro atoms. The number of nitrogens with zero attached hydrogens (tertiary/aromatic N) is 9. The minimum absolute atomic E-state index is 0.883. The third-order valence-electron chi connectivity index (χ3n) is 14.2. The normalized spacial score (nSPS) is 12.5. The quantitative estimate of drug-likeness (QED) is 0.177. The van der Waals surface area contributed by atoms with Crippen LogP contribution in [0.5, 0.6) is 0 Å². The third kappa shape index (κ3) is 4.80. The zero-order valence-electron chi connectivity index (χ0n) is 36.4. The Morgan fingerprint density at radius 2 is 0.838 bits per heavy atom. The van der Waals surface area contributed by atoms with Crippen molar-refractivity contribution in [3.05, 3.63) is 194 Å². The second-order valence-electron chi connectivity index (χ2n) is 17.9. The summed E-state index contributed by atoms with van der Waals surface area (Å²) in [4.78, 5) is 16.2. The van der Waals surface area contributed by atoms with Gasteiger partial charge in [0, 0.05) is 23.5 Å². The van der Waals surface area contributed by atoms with Gasteiger partial charge in [0.1, 0.15) is 0 Å². The van der Waals surface area contributed by atoms with E-state index in [1.807, 2.05) is 6.07 Å². The van der Waals surface area contributed by atoms with E-state index in [1.165, 1.54) is 26.6 Å². The van der Waals surface area contributed by atoms with E-state index in [2.05, 4.69) is 222 Å². The van der Waals surface area contributed by atoms with Crippen LogP contribution in [0.4, 0.5) is 0 Å². The molecule has 0 saturated heterocycles. The topological polar surface area (TPSA) is 66.7 Å². The number of hydrogen-bond donors (Lipinski definition) is 0. The zero-order valence-corrected chi connectivity index (χ0v) is 37.2. The van der Waals surface area contributed by atoms with Gasteiger partial charge in [-0.2, -0.15) is 0 Å². The van der Waals surface area contributed by atoms with Crippen molar-refractivity contribution in [2.24, 2.45) is 7.05 Å². The van der Waals surface area contributed by atoms with Gasteiger partial charge in [-0.1, -0.05) is 90.2 Å². The Balaban J connectivity index is 0.885. The van der Waals surface area contributed by atoms with Crippen LogP contribution in [0.2, 0.25) is 0 Å². The molecule has 16 rings (SSSR count). The van der Waals surface area contributed by atoms with Gasteiger partial charge in [-0.15, -0.1) is 0 Å². The fraction of sp³-hybridized carbons (Fsp3) is 0.0172. The zero-order chi connectivity index (χ0) is 44.4. The Morgan fingerprint density at radius 3 is 1.50 bits per heavy atom. The molecule has 0 N–H and O–H groups in total. The van der Waals surface area contributed by atoms with E-state index in [9.17, 15) is 0 Å². The SMILES string of the molecule is Cn1c2ccc(-c3ccc4c(c3)c3cc(-c5ccc6c(c5)n5c7ccccc7nc5n6-c5ccc6c(c5)sc5nc7ccccc7n56)ccc3n4-c3ccccc3)cc2n2c3ccccc3nc12. The number of thiazole rings is 1. The Bertz CT molecular complexity index is 4820. The van der Waals surface area contributed by atoms with Crippen molar-refractivity contribution >= 4 is 115 Å². The smallest absolute Gasteiger partial charge is 0.220 e. The molecule has 7 aromatic heterocycles. The maximum atomic E-state index is 5.27. The van der Waals surface area contributed by atoms with E-state index in [-0.39, 0.29) is 0 Å². The fourth-order valence-corrected chi connectivity index (χ4v) is 12.2. The number of rotatable bonds is 4. The summed E-state index contributed by atoms with van der Waals surface area (Å²) in [6.45, 7) is 0. The van der Waals surface area contributed by atoms with Gasteiger partial charge in [-0.25, -0.2) is 15.0 Å². The lowest BCUT2D eigenvalue weighted by Gasteiger charge is -2.09. The average Bonchev–Trinajstić information content (AvgIpc) is 4.25. The molecule has 7 heterocycles. The highest BCUT2D eigenvalue weighted by molar-refractivity contribution is 7.23. The lowest BCUT2D eigenvalue weighted by molar-refractivity contribution is 0.974. The first kappa shape index (κ1) is 36.3. The molecule has 0 aliphatic rings. The molecule has 318 valence electrons. The van der Waals surface area contributed by atoms with Crippen LogP contribution in [0.1, 0.15) is 0 Å². The van der Waals surface area contributed by atoms with E-state index in [4.69, 9.17) is 15.0 Å². The molecule has 0 saturated carbocycles. The van der Waals surface area contributed by atoms with E-state index in [0.29, 0.717) is 0 Å². The molecule has 0 bridgehead atoms. The molecule has 16 aromatic rings. The van der Waals surface area contributed by atoms with Crippen LogP contribution in [-0.4, -0.2) is 41.9 Å². The van der Waals surface area contributed by atoms with Gasteiger partial charge in [0.05, 0.1) is 82.1 Å². The first-order valence-corrected chi connectivity index (χ1v) is 23.6. The van der Waals surface area contributed by atoms with Crippen LogP contribution >= 0.6 is 11.3 Å². The van der Waals surface area contributed by atoms with Gasteiger partial charge in [0.15, 0.2) is 4.96 Å². The molecule has 68 heavy (non-hydrogen) atoms. The Hall–Kier alpha value is -8.99. The van der Waals surface area contributed by atoms with Crippen molar-refractivity contribution in [2.45, 2.75) is 0 Å². The van der Waals surface area contributed by atoms with E-state index in [0.717, 1.165) is 111 Å². The molecule has 10 heteroatoms. The summed E-state index contributed by atoms with van der Waals surface area (Å²) in [7, 11) is 2.10. The van der Waals surface area contributed by atoms with E-state index < -0.39 is 0 Å². The highest BCUT2D eigenvalue weighted by atomic mass is 32.1. The molecule has 0 radical (unpaired) electrons. The van der Waals surface area contributed by atoms with Crippen molar-refractivity contribution in [1.29, 1.82) is 0 Å². The number of para-hydroxylation sites is 7. The first-order valence-electron chi connectivity index (χ1n) is 22.8. The predicted molar refractivity (Wildman–Crippen MR) is 279 cm³/mol. The Kier molecular flexibility index (Phi) is 6.98. The number of aromatic nitrogens is 9. The third-order valence-corrected chi connectivity index (χ3v) is 15.2.